The molecule has 0 aliphatic carbocycles. The molecule has 0 saturated carbocycles. The summed E-state index contributed by atoms with van der Waals surface area (Å²) in [5.74, 6) is 5.45. The quantitative estimate of drug-likeness (QED) is 0.638. The van der Waals surface area contributed by atoms with E-state index < -0.39 is 10.0 Å². The van der Waals surface area contributed by atoms with Crippen LogP contribution in [0.15, 0.2) is 29.2 Å². The first-order valence-corrected chi connectivity index (χ1v) is 8.76. The number of hydrazine groups is 1. The molecule has 0 radical (unpaired) electrons. The van der Waals surface area contributed by atoms with Crippen LogP contribution in [0.25, 0.3) is 0 Å². The molecule has 2 fully saturated rings. The molecule has 3 N–H and O–H groups in total. The third-order valence-electron chi connectivity index (χ3n) is 4.77. The van der Waals surface area contributed by atoms with Gasteiger partial charge in [0.1, 0.15) is 4.90 Å². The second-order valence-corrected chi connectivity index (χ2v) is 7.75. The summed E-state index contributed by atoms with van der Waals surface area (Å²) in [6.45, 7) is 1.14. The molecule has 3 rings (SSSR count). The van der Waals surface area contributed by atoms with Gasteiger partial charge in [0.25, 0.3) is 0 Å². The Morgan fingerprint density at radius 1 is 1.19 bits per heavy atom. The molecule has 7 heteroatoms. The van der Waals surface area contributed by atoms with Crippen LogP contribution in [0.3, 0.4) is 0 Å². The summed E-state index contributed by atoms with van der Waals surface area (Å²) in [4.78, 5) is 2.59. The zero-order chi connectivity index (χ0) is 15.0. The number of sulfonamides is 1. The van der Waals surface area contributed by atoms with E-state index >= 15 is 0 Å². The van der Waals surface area contributed by atoms with Crippen molar-refractivity contribution in [2.45, 2.75) is 36.2 Å². The topological polar surface area (TPSA) is 78.7 Å². The molecular weight excluding hydrogens is 288 g/mol. The Morgan fingerprint density at radius 2 is 1.90 bits per heavy atom. The standard InChI is InChI=1S/C14H22N4O2S/c1-17-11-6-7-12(17)10-18(9-8-11)21(19,20)14-5-3-2-4-13(14)16-15/h2-5,11-12,16H,6-10,15H2,1H3. The minimum Gasteiger partial charge on any atom is -0.323 e. The maximum atomic E-state index is 12.9. The molecule has 2 heterocycles. The Hall–Kier alpha value is -1.15. The summed E-state index contributed by atoms with van der Waals surface area (Å²) in [5.41, 5.74) is 2.93. The van der Waals surface area contributed by atoms with Gasteiger partial charge in [-0.1, -0.05) is 12.1 Å². The molecule has 2 unspecified atom stereocenters. The smallest absolute Gasteiger partial charge is 0.245 e. The van der Waals surface area contributed by atoms with Crippen molar-refractivity contribution in [1.82, 2.24) is 9.21 Å². The van der Waals surface area contributed by atoms with Crippen molar-refractivity contribution in [2.75, 3.05) is 25.6 Å². The molecule has 2 saturated heterocycles. The highest BCUT2D eigenvalue weighted by atomic mass is 32.2. The van der Waals surface area contributed by atoms with E-state index in [0.29, 0.717) is 30.9 Å². The molecule has 0 amide bonds. The number of nitrogens with two attached hydrogens (primary N) is 1. The van der Waals surface area contributed by atoms with Crippen molar-refractivity contribution in [3.8, 4) is 0 Å². The van der Waals surface area contributed by atoms with Crippen LogP contribution < -0.4 is 11.3 Å². The summed E-state index contributed by atoms with van der Waals surface area (Å²) in [6, 6.07) is 7.62. The summed E-state index contributed by atoms with van der Waals surface area (Å²) < 4.78 is 27.4. The Bertz CT molecular complexity index is 619. The van der Waals surface area contributed by atoms with E-state index in [1.807, 2.05) is 0 Å². The predicted octanol–water partition coefficient (Wildman–Crippen LogP) is 0.829. The SMILES string of the molecule is CN1C2CCC1CN(S(=O)(=O)c1ccccc1NN)CC2. The largest absolute Gasteiger partial charge is 0.323 e. The van der Waals surface area contributed by atoms with Crippen LogP contribution in [0.1, 0.15) is 19.3 Å². The Morgan fingerprint density at radius 3 is 2.67 bits per heavy atom. The molecular formula is C14H22N4O2S. The first-order chi connectivity index (χ1) is 10.0. The average Bonchev–Trinajstić information content (AvgIpc) is 2.71. The van der Waals surface area contributed by atoms with Crippen molar-refractivity contribution in [3.63, 3.8) is 0 Å². The monoisotopic (exact) mass is 310 g/mol. The maximum absolute atomic E-state index is 12.9. The highest BCUT2D eigenvalue weighted by Crippen LogP contribution is 2.32. The fourth-order valence-electron chi connectivity index (χ4n) is 3.45. The second kappa shape index (κ2) is 5.57. The van der Waals surface area contributed by atoms with Crippen LogP contribution in [-0.4, -0.2) is 49.8 Å². The van der Waals surface area contributed by atoms with Crippen LogP contribution in [0, 0.1) is 0 Å². The van der Waals surface area contributed by atoms with E-state index in [0.717, 1.165) is 12.8 Å². The number of benzene rings is 1. The van der Waals surface area contributed by atoms with Crippen molar-refractivity contribution in [1.29, 1.82) is 0 Å². The Kier molecular flexibility index (Phi) is 3.92. The number of rotatable bonds is 3. The number of fused-ring (bicyclic) bond motifs is 2. The van der Waals surface area contributed by atoms with Gasteiger partial charge in [-0.2, -0.15) is 4.31 Å². The summed E-state index contributed by atoms with van der Waals surface area (Å²) in [6.07, 6.45) is 3.14. The van der Waals surface area contributed by atoms with Crippen LogP contribution in [0.5, 0.6) is 0 Å². The zero-order valence-corrected chi connectivity index (χ0v) is 13.0. The lowest BCUT2D eigenvalue weighted by Crippen LogP contribution is -2.39. The van der Waals surface area contributed by atoms with Crippen LogP contribution in [0.2, 0.25) is 0 Å². The molecule has 1 aromatic rings. The van der Waals surface area contributed by atoms with Gasteiger partial charge in [0.15, 0.2) is 0 Å². The maximum Gasteiger partial charge on any atom is 0.245 e. The van der Waals surface area contributed by atoms with Gasteiger partial charge in [0, 0.05) is 25.2 Å². The molecule has 2 aliphatic rings. The third kappa shape index (κ3) is 2.55. The summed E-state index contributed by atoms with van der Waals surface area (Å²) in [5, 5.41) is 0. The van der Waals surface area contributed by atoms with E-state index in [2.05, 4.69) is 17.4 Å². The summed E-state index contributed by atoms with van der Waals surface area (Å²) in [7, 11) is -1.40. The fourth-order valence-corrected chi connectivity index (χ4v) is 5.09. The number of para-hydroxylation sites is 1. The minimum atomic E-state index is -3.51. The number of nitrogens with one attached hydrogen (secondary N) is 1. The molecule has 1 aromatic carbocycles. The number of hydrogen-bond donors (Lipinski definition) is 2. The molecule has 21 heavy (non-hydrogen) atoms. The fraction of sp³-hybridized carbons (Fsp3) is 0.571. The first kappa shape index (κ1) is 14.8. The van der Waals surface area contributed by atoms with E-state index in [4.69, 9.17) is 5.84 Å². The third-order valence-corrected chi connectivity index (χ3v) is 6.69. The predicted molar refractivity (Wildman–Crippen MR) is 82.2 cm³/mol. The number of nitrogen functional groups attached to an aromatic ring is 1. The zero-order valence-electron chi connectivity index (χ0n) is 12.2. The van der Waals surface area contributed by atoms with E-state index in [1.165, 1.54) is 6.42 Å². The van der Waals surface area contributed by atoms with Gasteiger partial charge in [-0.15, -0.1) is 0 Å². The number of nitrogens with zero attached hydrogens (tertiary/aromatic N) is 2. The first-order valence-electron chi connectivity index (χ1n) is 7.32. The highest BCUT2D eigenvalue weighted by molar-refractivity contribution is 7.89. The highest BCUT2D eigenvalue weighted by Gasteiger charge is 2.39. The second-order valence-electron chi connectivity index (χ2n) is 5.84. The molecule has 6 nitrogen and oxygen atoms in total. The van der Waals surface area contributed by atoms with E-state index in [9.17, 15) is 8.42 Å². The number of likely N-dealkylation sites (N-methyl/N-ethyl adjacent to an activating group) is 1. The number of hydrogen-bond acceptors (Lipinski definition) is 5. The summed E-state index contributed by atoms with van der Waals surface area (Å²) >= 11 is 0. The van der Waals surface area contributed by atoms with Gasteiger partial charge in [-0.05, 0) is 38.4 Å². The van der Waals surface area contributed by atoms with Gasteiger partial charge in [0.05, 0.1) is 5.69 Å². The van der Waals surface area contributed by atoms with Gasteiger partial charge >= 0.3 is 0 Å². The molecule has 2 aliphatic heterocycles. The average molecular weight is 310 g/mol. The van der Waals surface area contributed by atoms with E-state index in [1.54, 1.807) is 28.6 Å². The molecule has 2 atom stereocenters. The lowest BCUT2D eigenvalue weighted by atomic mass is 10.1. The van der Waals surface area contributed by atoms with Gasteiger partial charge in [-0.3, -0.25) is 10.7 Å². The van der Waals surface area contributed by atoms with Gasteiger partial charge in [0.2, 0.25) is 10.0 Å². The minimum absolute atomic E-state index is 0.257. The Balaban J connectivity index is 1.92. The van der Waals surface area contributed by atoms with Crippen molar-refractivity contribution < 1.29 is 8.42 Å². The van der Waals surface area contributed by atoms with Crippen molar-refractivity contribution in [2.24, 2.45) is 5.84 Å². The van der Waals surface area contributed by atoms with Crippen molar-refractivity contribution in [3.05, 3.63) is 24.3 Å². The lowest BCUT2D eigenvalue weighted by Gasteiger charge is -2.26. The van der Waals surface area contributed by atoms with Gasteiger partial charge < -0.3 is 5.43 Å². The molecule has 0 aromatic heterocycles. The van der Waals surface area contributed by atoms with Gasteiger partial charge in [-0.25, -0.2) is 8.42 Å². The molecule has 2 bridgehead atoms. The van der Waals surface area contributed by atoms with E-state index in [-0.39, 0.29) is 4.90 Å². The number of anilines is 1. The Labute approximate surface area is 125 Å². The normalized spacial score (nSPS) is 27.5. The van der Waals surface area contributed by atoms with Crippen LogP contribution in [-0.2, 0) is 10.0 Å². The molecule has 0 spiro atoms. The molecule has 116 valence electrons. The van der Waals surface area contributed by atoms with Crippen LogP contribution in [0.4, 0.5) is 5.69 Å². The van der Waals surface area contributed by atoms with Crippen LogP contribution >= 0.6 is 0 Å². The van der Waals surface area contributed by atoms with Crippen molar-refractivity contribution >= 4 is 15.7 Å². The lowest BCUT2D eigenvalue weighted by molar-refractivity contribution is 0.246.